The lowest BCUT2D eigenvalue weighted by Gasteiger charge is -2.06. The van der Waals surface area contributed by atoms with Crippen molar-refractivity contribution in [3.63, 3.8) is 0 Å². The van der Waals surface area contributed by atoms with Crippen LogP contribution in [0.4, 0.5) is 19.2 Å². The van der Waals surface area contributed by atoms with Crippen LogP contribution in [0.3, 0.4) is 0 Å². The summed E-state index contributed by atoms with van der Waals surface area (Å²) in [5.74, 6) is 0. The Morgan fingerprint density at radius 3 is 2.19 bits per heavy atom. The summed E-state index contributed by atoms with van der Waals surface area (Å²) in [7, 11) is 0. The summed E-state index contributed by atoms with van der Waals surface area (Å²) in [5, 5.41) is 0. The number of rotatable bonds is 1. The minimum Gasteiger partial charge on any atom is -0.432 e. The molecule has 3 nitrogen and oxygen atoms in total. The number of alkyl halides is 3. The molecule has 0 saturated carbocycles. The summed E-state index contributed by atoms with van der Waals surface area (Å²) in [6.45, 7) is 0. The quantitative estimate of drug-likeness (QED) is 0.816. The zero-order valence-corrected chi connectivity index (χ0v) is 7.95. The number of nitrogens with two attached hydrogens (primary N) is 1. The van der Waals surface area contributed by atoms with Gasteiger partial charge in [0.1, 0.15) is 12.0 Å². The molecule has 2 rings (SSSR count). The van der Waals surface area contributed by atoms with Crippen LogP contribution in [-0.2, 0) is 6.18 Å². The average molecular weight is 228 g/mol. The topological polar surface area (TPSA) is 52.0 Å². The van der Waals surface area contributed by atoms with Gasteiger partial charge in [-0.2, -0.15) is 18.2 Å². The first-order valence-corrected chi connectivity index (χ1v) is 4.35. The van der Waals surface area contributed by atoms with Crippen molar-refractivity contribution in [1.82, 2.24) is 4.98 Å². The molecule has 84 valence electrons. The molecule has 0 spiro atoms. The Bertz CT molecular complexity index is 488. The molecule has 0 fully saturated rings. The standard InChI is InChI=1S/C10H7F3N2O/c11-10(12,13)7-3-1-6(2-4-7)8-5-16-9(14)15-8/h1-5H,(H2,14,15). The van der Waals surface area contributed by atoms with Gasteiger partial charge in [-0.25, -0.2) is 0 Å². The van der Waals surface area contributed by atoms with Crippen LogP contribution < -0.4 is 5.73 Å². The number of anilines is 1. The number of hydrogen-bond donors (Lipinski definition) is 1. The molecule has 2 aromatic rings. The van der Waals surface area contributed by atoms with Crippen molar-refractivity contribution in [2.75, 3.05) is 5.73 Å². The smallest absolute Gasteiger partial charge is 0.416 e. The van der Waals surface area contributed by atoms with Gasteiger partial charge in [0.2, 0.25) is 0 Å². The molecule has 2 N–H and O–H groups in total. The molecule has 0 radical (unpaired) electrons. The van der Waals surface area contributed by atoms with E-state index < -0.39 is 11.7 Å². The maximum Gasteiger partial charge on any atom is 0.416 e. The number of halogens is 3. The zero-order valence-electron chi connectivity index (χ0n) is 7.95. The van der Waals surface area contributed by atoms with Crippen molar-refractivity contribution >= 4 is 6.01 Å². The predicted octanol–water partition coefficient (Wildman–Crippen LogP) is 2.94. The summed E-state index contributed by atoms with van der Waals surface area (Å²) in [5.41, 5.74) is 5.49. The molecular formula is C10H7F3N2O. The van der Waals surface area contributed by atoms with E-state index in [2.05, 4.69) is 4.98 Å². The Kier molecular flexibility index (Phi) is 2.34. The van der Waals surface area contributed by atoms with Crippen LogP contribution in [0.5, 0.6) is 0 Å². The molecule has 1 aromatic heterocycles. The number of hydrogen-bond acceptors (Lipinski definition) is 3. The largest absolute Gasteiger partial charge is 0.432 e. The lowest BCUT2D eigenvalue weighted by atomic mass is 10.1. The fourth-order valence-electron chi connectivity index (χ4n) is 1.25. The molecular weight excluding hydrogens is 221 g/mol. The fourth-order valence-corrected chi connectivity index (χ4v) is 1.25. The van der Waals surface area contributed by atoms with E-state index in [9.17, 15) is 13.2 Å². The van der Waals surface area contributed by atoms with Gasteiger partial charge in [-0.1, -0.05) is 12.1 Å². The SMILES string of the molecule is Nc1nc(-c2ccc(C(F)(F)F)cc2)co1. The van der Waals surface area contributed by atoms with Crippen LogP contribution in [0.1, 0.15) is 5.56 Å². The highest BCUT2D eigenvalue weighted by molar-refractivity contribution is 5.59. The van der Waals surface area contributed by atoms with Crippen LogP contribution in [0.2, 0.25) is 0 Å². The molecule has 0 amide bonds. The number of aromatic nitrogens is 1. The maximum absolute atomic E-state index is 12.3. The second-order valence-corrected chi connectivity index (χ2v) is 3.15. The third kappa shape index (κ3) is 2.00. The molecule has 16 heavy (non-hydrogen) atoms. The Morgan fingerprint density at radius 1 is 1.12 bits per heavy atom. The van der Waals surface area contributed by atoms with Gasteiger partial charge in [-0.3, -0.25) is 0 Å². The second-order valence-electron chi connectivity index (χ2n) is 3.15. The van der Waals surface area contributed by atoms with Crippen molar-refractivity contribution < 1.29 is 17.6 Å². The van der Waals surface area contributed by atoms with Gasteiger partial charge in [0, 0.05) is 5.56 Å². The van der Waals surface area contributed by atoms with E-state index in [4.69, 9.17) is 10.2 Å². The van der Waals surface area contributed by atoms with Gasteiger partial charge in [-0.05, 0) is 12.1 Å². The third-order valence-corrected chi connectivity index (χ3v) is 2.03. The molecule has 0 aliphatic carbocycles. The summed E-state index contributed by atoms with van der Waals surface area (Å²) in [6.07, 6.45) is -3.04. The van der Waals surface area contributed by atoms with E-state index in [1.807, 2.05) is 0 Å². The summed E-state index contributed by atoms with van der Waals surface area (Å²) >= 11 is 0. The Morgan fingerprint density at radius 2 is 1.75 bits per heavy atom. The molecule has 0 aliphatic rings. The van der Waals surface area contributed by atoms with Crippen molar-refractivity contribution in [2.24, 2.45) is 0 Å². The van der Waals surface area contributed by atoms with Crippen molar-refractivity contribution in [2.45, 2.75) is 6.18 Å². The van der Waals surface area contributed by atoms with Gasteiger partial charge in [0.05, 0.1) is 5.56 Å². The lowest BCUT2D eigenvalue weighted by molar-refractivity contribution is -0.137. The average Bonchev–Trinajstić information content (AvgIpc) is 2.64. The van der Waals surface area contributed by atoms with Gasteiger partial charge in [-0.15, -0.1) is 0 Å². The molecule has 6 heteroatoms. The van der Waals surface area contributed by atoms with E-state index in [0.29, 0.717) is 11.3 Å². The Balaban J connectivity index is 2.33. The maximum atomic E-state index is 12.3. The number of benzene rings is 1. The summed E-state index contributed by atoms with van der Waals surface area (Å²) in [6, 6.07) is 4.59. The monoisotopic (exact) mass is 228 g/mol. The van der Waals surface area contributed by atoms with Crippen LogP contribution in [0.25, 0.3) is 11.3 Å². The lowest BCUT2D eigenvalue weighted by Crippen LogP contribution is -2.03. The van der Waals surface area contributed by atoms with E-state index in [-0.39, 0.29) is 6.01 Å². The highest BCUT2D eigenvalue weighted by atomic mass is 19.4. The second kappa shape index (κ2) is 3.55. The molecule has 1 heterocycles. The Hall–Kier alpha value is -1.98. The highest BCUT2D eigenvalue weighted by Crippen LogP contribution is 2.30. The van der Waals surface area contributed by atoms with Crippen molar-refractivity contribution in [3.05, 3.63) is 36.1 Å². The van der Waals surface area contributed by atoms with Gasteiger partial charge in [0.15, 0.2) is 0 Å². The van der Waals surface area contributed by atoms with Crippen LogP contribution in [-0.4, -0.2) is 4.98 Å². The molecule has 0 aliphatic heterocycles. The number of oxazole rings is 1. The summed E-state index contributed by atoms with van der Waals surface area (Å²) in [4.78, 5) is 3.80. The minimum atomic E-state index is -4.33. The molecule has 1 aromatic carbocycles. The number of nitrogen functional groups attached to an aromatic ring is 1. The van der Waals surface area contributed by atoms with Gasteiger partial charge >= 0.3 is 6.18 Å². The molecule has 0 atom stereocenters. The molecule has 0 bridgehead atoms. The first-order chi connectivity index (χ1) is 7.47. The highest BCUT2D eigenvalue weighted by Gasteiger charge is 2.30. The first kappa shape index (κ1) is 10.5. The van der Waals surface area contributed by atoms with Crippen molar-refractivity contribution in [3.8, 4) is 11.3 Å². The van der Waals surface area contributed by atoms with Gasteiger partial charge < -0.3 is 10.2 Å². The third-order valence-electron chi connectivity index (χ3n) is 2.03. The van der Waals surface area contributed by atoms with Crippen LogP contribution in [0, 0.1) is 0 Å². The molecule has 0 saturated heterocycles. The van der Waals surface area contributed by atoms with E-state index >= 15 is 0 Å². The van der Waals surface area contributed by atoms with Crippen LogP contribution >= 0.6 is 0 Å². The van der Waals surface area contributed by atoms with Crippen LogP contribution in [0.15, 0.2) is 34.9 Å². The predicted molar refractivity (Wildman–Crippen MR) is 51.4 cm³/mol. The van der Waals surface area contributed by atoms with Crippen molar-refractivity contribution in [1.29, 1.82) is 0 Å². The summed E-state index contributed by atoms with van der Waals surface area (Å²) < 4.78 is 41.6. The normalized spacial score (nSPS) is 11.7. The van der Waals surface area contributed by atoms with E-state index in [1.54, 1.807) is 0 Å². The first-order valence-electron chi connectivity index (χ1n) is 4.35. The zero-order chi connectivity index (χ0) is 11.8. The Labute approximate surface area is 88.7 Å². The minimum absolute atomic E-state index is 0.0186. The fraction of sp³-hybridized carbons (Fsp3) is 0.100. The van der Waals surface area contributed by atoms with E-state index in [0.717, 1.165) is 12.1 Å². The van der Waals surface area contributed by atoms with E-state index in [1.165, 1.54) is 18.4 Å². The number of nitrogens with zero attached hydrogens (tertiary/aromatic N) is 1. The molecule has 0 unspecified atom stereocenters. The van der Waals surface area contributed by atoms with Gasteiger partial charge in [0.25, 0.3) is 6.01 Å².